The van der Waals surface area contributed by atoms with Crippen LogP contribution in [-0.2, 0) is 11.3 Å². The van der Waals surface area contributed by atoms with Crippen molar-refractivity contribution < 1.29 is 4.79 Å². The predicted molar refractivity (Wildman–Crippen MR) is 69.1 cm³/mol. The maximum atomic E-state index is 11.4. The van der Waals surface area contributed by atoms with E-state index in [-0.39, 0.29) is 11.9 Å². The molecule has 1 aromatic carbocycles. The minimum Gasteiger partial charge on any atom is -0.358 e. The maximum absolute atomic E-state index is 11.4. The van der Waals surface area contributed by atoms with E-state index in [0.717, 1.165) is 11.0 Å². The molecular weight excluding hydrogens is 268 g/mol. The van der Waals surface area contributed by atoms with Crippen molar-refractivity contribution in [1.29, 1.82) is 0 Å². The van der Waals surface area contributed by atoms with Crippen LogP contribution in [0.3, 0.4) is 0 Å². The lowest BCUT2D eigenvalue weighted by atomic mass is 10.2. The summed E-state index contributed by atoms with van der Waals surface area (Å²) >= 11 is 3.40. The van der Waals surface area contributed by atoms with Crippen molar-refractivity contribution in [2.75, 3.05) is 14.1 Å². The first-order chi connectivity index (χ1) is 7.54. The Bertz CT molecular complexity index is 351. The highest BCUT2D eigenvalue weighted by Crippen LogP contribution is 2.12. The predicted octanol–water partition coefficient (Wildman–Crippen LogP) is 2.02. The third-order valence-electron chi connectivity index (χ3n) is 2.63. The van der Waals surface area contributed by atoms with Crippen molar-refractivity contribution in [2.24, 2.45) is 0 Å². The molecule has 0 unspecified atom stereocenters. The minimum atomic E-state index is -0.117. The Balaban J connectivity index is 2.60. The molecular formula is C12H17BrN2O. The van der Waals surface area contributed by atoms with E-state index >= 15 is 0 Å². The summed E-state index contributed by atoms with van der Waals surface area (Å²) in [5, 5.41) is 2.65. The molecule has 0 spiro atoms. The van der Waals surface area contributed by atoms with Crippen LogP contribution in [0.4, 0.5) is 0 Å². The molecule has 1 aromatic rings. The van der Waals surface area contributed by atoms with Gasteiger partial charge in [-0.2, -0.15) is 0 Å². The van der Waals surface area contributed by atoms with Crippen LogP contribution < -0.4 is 5.32 Å². The highest BCUT2D eigenvalue weighted by Gasteiger charge is 2.16. The number of rotatable bonds is 4. The van der Waals surface area contributed by atoms with Gasteiger partial charge in [-0.05, 0) is 31.7 Å². The summed E-state index contributed by atoms with van der Waals surface area (Å²) in [5.41, 5.74) is 1.20. The van der Waals surface area contributed by atoms with Crippen LogP contribution in [0, 0.1) is 0 Å². The summed E-state index contributed by atoms with van der Waals surface area (Å²) in [6.45, 7) is 2.67. The van der Waals surface area contributed by atoms with Crippen LogP contribution in [0.2, 0.25) is 0 Å². The fourth-order valence-electron chi connectivity index (χ4n) is 1.42. The van der Waals surface area contributed by atoms with Gasteiger partial charge in [0.1, 0.15) is 0 Å². The Hall–Kier alpha value is -0.870. The molecule has 0 saturated carbocycles. The fraction of sp³-hybridized carbons (Fsp3) is 0.417. The number of hydrogen-bond donors (Lipinski definition) is 1. The van der Waals surface area contributed by atoms with E-state index in [9.17, 15) is 4.79 Å². The summed E-state index contributed by atoms with van der Waals surface area (Å²) in [6.07, 6.45) is 0. The van der Waals surface area contributed by atoms with Gasteiger partial charge in [0.2, 0.25) is 5.91 Å². The number of carbonyl (C=O) groups excluding carboxylic acids is 1. The molecule has 1 atom stereocenters. The first kappa shape index (κ1) is 13.2. The smallest absolute Gasteiger partial charge is 0.236 e. The third kappa shape index (κ3) is 3.61. The Kier molecular flexibility index (Phi) is 4.96. The minimum absolute atomic E-state index is 0.0413. The maximum Gasteiger partial charge on any atom is 0.236 e. The van der Waals surface area contributed by atoms with E-state index in [2.05, 4.69) is 33.4 Å². The first-order valence-electron chi connectivity index (χ1n) is 5.21. The van der Waals surface area contributed by atoms with E-state index in [1.165, 1.54) is 5.56 Å². The monoisotopic (exact) mass is 284 g/mol. The molecule has 0 heterocycles. The van der Waals surface area contributed by atoms with Crippen molar-refractivity contribution >= 4 is 21.8 Å². The van der Waals surface area contributed by atoms with Crippen molar-refractivity contribution in [3.8, 4) is 0 Å². The highest BCUT2D eigenvalue weighted by molar-refractivity contribution is 9.10. The molecule has 0 aliphatic rings. The summed E-state index contributed by atoms with van der Waals surface area (Å²) in [6, 6.07) is 8.00. The van der Waals surface area contributed by atoms with E-state index < -0.39 is 0 Å². The Labute approximate surface area is 105 Å². The van der Waals surface area contributed by atoms with Gasteiger partial charge < -0.3 is 5.32 Å². The summed E-state index contributed by atoms with van der Waals surface area (Å²) in [5.74, 6) is 0.0413. The van der Waals surface area contributed by atoms with Crippen molar-refractivity contribution in [2.45, 2.75) is 19.5 Å². The molecule has 0 bridgehead atoms. The SMILES string of the molecule is CNC(=O)[C@H](C)N(C)Cc1ccc(Br)cc1. The Morgan fingerprint density at radius 3 is 2.50 bits per heavy atom. The number of carbonyl (C=O) groups is 1. The third-order valence-corrected chi connectivity index (χ3v) is 3.16. The normalized spacial score (nSPS) is 12.6. The van der Waals surface area contributed by atoms with Crippen LogP contribution in [0.5, 0.6) is 0 Å². The number of nitrogens with one attached hydrogen (secondary N) is 1. The van der Waals surface area contributed by atoms with E-state index in [0.29, 0.717) is 0 Å². The zero-order valence-corrected chi connectivity index (χ0v) is 11.4. The molecule has 88 valence electrons. The number of halogens is 1. The molecule has 0 aliphatic carbocycles. The quantitative estimate of drug-likeness (QED) is 0.918. The van der Waals surface area contributed by atoms with Gasteiger partial charge in [-0.3, -0.25) is 9.69 Å². The van der Waals surface area contributed by atoms with Crippen molar-refractivity contribution in [3.63, 3.8) is 0 Å². The van der Waals surface area contributed by atoms with Gasteiger partial charge in [0.05, 0.1) is 6.04 Å². The van der Waals surface area contributed by atoms with Gasteiger partial charge >= 0.3 is 0 Å². The molecule has 0 fully saturated rings. The number of likely N-dealkylation sites (N-methyl/N-ethyl adjacent to an activating group) is 2. The van der Waals surface area contributed by atoms with Crippen molar-refractivity contribution in [3.05, 3.63) is 34.3 Å². The number of amides is 1. The average molecular weight is 285 g/mol. The van der Waals surface area contributed by atoms with Gasteiger partial charge in [0.25, 0.3) is 0 Å². The van der Waals surface area contributed by atoms with Crippen LogP contribution in [0.25, 0.3) is 0 Å². The molecule has 4 heteroatoms. The van der Waals surface area contributed by atoms with Gasteiger partial charge in [0.15, 0.2) is 0 Å². The molecule has 1 N–H and O–H groups in total. The largest absolute Gasteiger partial charge is 0.358 e. The second-order valence-electron chi connectivity index (χ2n) is 3.83. The molecule has 0 aliphatic heterocycles. The van der Waals surface area contributed by atoms with Crippen LogP contribution >= 0.6 is 15.9 Å². The second-order valence-corrected chi connectivity index (χ2v) is 4.75. The summed E-state index contributed by atoms with van der Waals surface area (Å²) in [4.78, 5) is 13.5. The molecule has 1 rings (SSSR count). The highest BCUT2D eigenvalue weighted by atomic mass is 79.9. The average Bonchev–Trinajstić information content (AvgIpc) is 2.30. The molecule has 1 amide bonds. The number of benzene rings is 1. The summed E-state index contributed by atoms with van der Waals surface area (Å²) < 4.78 is 1.07. The summed E-state index contributed by atoms with van der Waals surface area (Å²) in [7, 11) is 3.61. The standard InChI is InChI=1S/C12H17BrN2O/c1-9(12(16)14-2)15(3)8-10-4-6-11(13)7-5-10/h4-7,9H,8H2,1-3H3,(H,14,16)/t9-/m0/s1. The topological polar surface area (TPSA) is 32.3 Å². The van der Waals surface area contributed by atoms with Gasteiger partial charge in [-0.1, -0.05) is 28.1 Å². The van der Waals surface area contributed by atoms with Crippen LogP contribution in [0.15, 0.2) is 28.7 Å². The van der Waals surface area contributed by atoms with E-state index in [4.69, 9.17) is 0 Å². The zero-order chi connectivity index (χ0) is 12.1. The first-order valence-corrected chi connectivity index (χ1v) is 6.00. The second kappa shape index (κ2) is 6.01. The zero-order valence-electron chi connectivity index (χ0n) is 9.83. The molecule has 0 radical (unpaired) electrons. The molecule has 0 saturated heterocycles. The molecule has 3 nitrogen and oxygen atoms in total. The van der Waals surface area contributed by atoms with Gasteiger partial charge in [-0.25, -0.2) is 0 Å². The van der Waals surface area contributed by atoms with E-state index in [1.807, 2.05) is 31.0 Å². The van der Waals surface area contributed by atoms with E-state index in [1.54, 1.807) is 7.05 Å². The van der Waals surface area contributed by atoms with Crippen LogP contribution in [-0.4, -0.2) is 30.9 Å². The van der Waals surface area contributed by atoms with Crippen LogP contribution in [0.1, 0.15) is 12.5 Å². The Morgan fingerprint density at radius 2 is 2.00 bits per heavy atom. The molecule has 16 heavy (non-hydrogen) atoms. The molecule has 0 aromatic heterocycles. The number of hydrogen-bond acceptors (Lipinski definition) is 2. The van der Waals surface area contributed by atoms with Crippen molar-refractivity contribution in [1.82, 2.24) is 10.2 Å². The lowest BCUT2D eigenvalue weighted by Gasteiger charge is -2.23. The lowest BCUT2D eigenvalue weighted by Crippen LogP contribution is -2.41. The Morgan fingerprint density at radius 1 is 1.44 bits per heavy atom. The lowest BCUT2D eigenvalue weighted by molar-refractivity contribution is -0.125. The van der Waals surface area contributed by atoms with Gasteiger partial charge in [0, 0.05) is 18.1 Å². The number of nitrogens with zero attached hydrogens (tertiary/aromatic N) is 1. The fourth-order valence-corrected chi connectivity index (χ4v) is 1.69. The van der Waals surface area contributed by atoms with Gasteiger partial charge in [-0.15, -0.1) is 0 Å².